The van der Waals surface area contributed by atoms with Crippen LogP contribution >= 0.6 is 0 Å². The summed E-state index contributed by atoms with van der Waals surface area (Å²) < 4.78 is 10.8. The monoisotopic (exact) mass is 408 g/mol. The van der Waals surface area contributed by atoms with Crippen molar-refractivity contribution in [1.29, 1.82) is 5.26 Å². The maximum atomic E-state index is 12.7. The van der Waals surface area contributed by atoms with Crippen LogP contribution in [0.4, 0.5) is 5.69 Å². The van der Waals surface area contributed by atoms with E-state index in [2.05, 4.69) is 19.9 Å². The molecule has 0 bridgehead atoms. The van der Waals surface area contributed by atoms with E-state index in [1.807, 2.05) is 32.0 Å². The summed E-state index contributed by atoms with van der Waals surface area (Å²) in [6.07, 6.45) is 0.185. The van der Waals surface area contributed by atoms with Crippen molar-refractivity contribution >= 4 is 17.6 Å². The number of carbonyl (C=O) groups is 2. The van der Waals surface area contributed by atoms with E-state index in [1.165, 1.54) is 4.90 Å². The summed E-state index contributed by atoms with van der Waals surface area (Å²) in [5.74, 6) is 0.121. The van der Waals surface area contributed by atoms with Gasteiger partial charge in [-0.05, 0) is 67.3 Å². The highest BCUT2D eigenvalue weighted by atomic mass is 16.5. The van der Waals surface area contributed by atoms with Crippen molar-refractivity contribution in [3.8, 4) is 11.8 Å². The molecular weight excluding hydrogens is 380 g/mol. The third-order valence-corrected chi connectivity index (χ3v) is 4.27. The number of nitrogens with zero attached hydrogens (tertiary/aromatic N) is 2. The molecule has 6 heteroatoms. The van der Waals surface area contributed by atoms with E-state index in [1.54, 1.807) is 24.3 Å². The van der Waals surface area contributed by atoms with Gasteiger partial charge in [-0.3, -0.25) is 4.79 Å². The number of hydrogen-bond acceptors (Lipinski definition) is 5. The van der Waals surface area contributed by atoms with Gasteiger partial charge < -0.3 is 14.4 Å². The van der Waals surface area contributed by atoms with Crippen molar-refractivity contribution in [3.05, 3.63) is 59.2 Å². The molecule has 2 aromatic rings. The molecule has 0 aliphatic carbocycles. The molecule has 0 unspecified atom stereocenters. The summed E-state index contributed by atoms with van der Waals surface area (Å²) in [4.78, 5) is 26.5. The maximum absolute atomic E-state index is 12.7. The Morgan fingerprint density at radius 2 is 1.70 bits per heavy atom. The fourth-order valence-electron chi connectivity index (χ4n) is 2.90. The van der Waals surface area contributed by atoms with Gasteiger partial charge in [-0.1, -0.05) is 19.9 Å². The first-order valence-corrected chi connectivity index (χ1v) is 9.95. The Morgan fingerprint density at radius 3 is 2.27 bits per heavy atom. The molecule has 0 atom stereocenters. The standard InChI is InChI=1S/C24H28N2O4/c1-17(2)15-29-22-8-6-20(7-9-22)24(28)30-16-23(27)26(11-5-10-25)21-13-18(3)12-19(4)14-21/h6-9,12-14,17H,5,11,15-16H2,1-4H3. The third-order valence-electron chi connectivity index (χ3n) is 4.27. The minimum absolute atomic E-state index is 0.185. The summed E-state index contributed by atoms with van der Waals surface area (Å²) in [5, 5.41) is 8.93. The fraction of sp³-hybridized carbons (Fsp3) is 0.375. The third kappa shape index (κ3) is 6.93. The molecule has 0 aliphatic rings. The number of amides is 1. The van der Waals surface area contributed by atoms with Crippen LogP contribution in [0.1, 0.15) is 41.8 Å². The van der Waals surface area contributed by atoms with Crippen LogP contribution in [0.2, 0.25) is 0 Å². The van der Waals surface area contributed by atoms with Gasteiger partial charge in [-0.2, -0.15) is 5.26 Å². The van der Waals surface area contributed by atoms with Gasteiger partial charge in [0.25, 0.3) is 5.91 Å². The van der Waals surface area contributed by atoms with Crippen molar-refractivity contribution in [1.82, 2.24) is 0 Å². The molecule has 0 saturated heterocycles. The minimum Gasteiger partial charge on any atom is -0.493 e. The average Bonchev–Trinajstić information content (AvgIpc) is 2.70. The van der Waals surface area contributed by atoms with E-state index < -0.39 is 12.6 Å². The number of carbonyl (C=O) groups excluding carboxylic acids is 2. The number of aryl methyl sites for hydroxylation is 2. The fourth-order valence-corrected chi connectivity index (χ4v) is 2.90. The normalized spacial score (nSPS) is 10.4. The van der Waals surface area contributed by atoms with Gasteiger partial charge in [0.05, 0.1) is 24.7 Å². The zero-order valence-corrected chi connectivity index (χ0v) is 18.0. The van der Waals surface area contributed by atoms with Gasteiger partial charge >= 0.3 is 5.97 Å². The van der Waals surface area contributed by atoms with Crippen LogP contribution in [0, 0.1) is 31.1 Å². The molecule has 158 valence electrons. The predicted octanol–water partition coefficient (Wildman–Crippen LogP) is 4.44. The molecule has 6 nitrogen and oxygen atoms in total. The molecule has 0 fully saturated rings. The lowest BCUT2D eigenvalue weighted by Gasteiger charge is -2.22. The highest BCUT2D eigenvalue weighted by Crippen LogP contribution is 2.20. The van der Waals surface area contributed by atoms with Gasteiger partial charge in [0.2, 0.25) is 0 Å². The second-order valence-electron chi connectivity index (χ2n) is 7.60. The molecule has 0 heterocycles. The Bertz CT molecular complexity index is 894. The van der Waals surface area contributed by atoms with Crippen molar-refractivity contribution in [2.45, 2.75) is 34.1 Å². The largest absolute Gasteiger partial charge is 0.493 e. The van der Waals surface area contributed by atoms with E-state index in [0.717, 1.165) is 11.1 Å². The van der Waals surface area contributed by atoms with Gasteiger partial charge in [0, 0.05) is 12.2 Å². The Kier molecular flexibility index (Phi) is 8.42. The first kappa shape index (κ1) is 23.0. The molecule has 1 amide bonds. The summed E-state index contributed by atoms with van der Waals surface area (Å²) in [7, 11) is 0. The molecule has 0 N–H and O–H groups in total. The lowest BCUT2D eigenvalue weighted by atomic mass is 10.1. The molecule has 30 heavy (non-hydrogen) atoms. The van der Waals surface area contributed by atoms with E-state index >= 15 is 0 Å². The number of esters is 1. The number of hydrogen-bond donors (Lipinski definition) is 0. The van der Waals surface area contributed by atoms with Gasteiger partial charge in [-0.15, -0.1) is 0 Å². The van der Waals surface area contributed by atoms with Crippen LogP contribution in [-0.2, 0) is 9.53 Å². The predicted molar refractivity (Wildman–Crippen MR) is 116 cm³/mol. The lowest BCUT2D eigenvalue weighted by molar-refractivity contribution is -0.121. The molecule has 0 saturated carbocycles. The quantitative estimate of drug-likeness (QED) is 0.573. The minimum atomic E-state index is -0.584. The number of benzene rings is 2. The Labute approximate surface area is 178 Å². The zero-order valence-electron chi connectivity index (χ0n) is 18.0. The van der Waals surface area contributed by atoms with Crippen molar-refractivity contribution in [3.63, 3.8) is 0 Å². The zero-order chi connectivity index (χ0) is 22.1. The van der Waals surface area contributed by atoms with Gasteiger partial charge in [0.15, 0.2) is 6.61 Å². The second-order valence-corrected chi connectivity index (χ2v) is 7.60. The number of rotatable bonds is 9. The molecule has 0 radical (unpaired) electrons. The second kappa shape index (κ2) is 11.0. The number of anilines is 1. The van der Waals surface area contributed by atoms with Gasteiger partial charge in [-0.25, -0.2) is 4.79 Å². The topological polar surface area (TPSA) is 79.6 Å². The highest BCUT2D eigenvalue weighted by Gasteiger charge is 2.19. The van der Waals surface area contributed by atoms with E-state index in [0.29, 0.717) is 29.5 Å². The summed E-state index contributed by atoms with van der Waals surface area (Å²) in [6, 6.07) is 14.4. The summed E-state index contributed by atoms with van der Waals surface area (Å²) in [5.41, 5.74) is 3.05. The Morgan fingerprint density at radius 1 is 1.07 bits per heavy atom. The first-order chi connectivity index (χ1) is 14.3. The molecule has 2 aromatic carbocycles. The van der Waals surface area contributed by atoms with Crippen LogP contribution in [0.15, 0.2) is 42.5 Å². The molecule has 0 aromatic heterocycles. The molecule has 0 aliphatic heterocycles. The van der Waals surface area contributed by atoms with Crippen LogP contribution < -0.4 is 9.64 Å². The maximum Gasteiger partial charge on any atom is 0.338 e. The van der Waals surface area contributed by atoms with Crippen LogP contribution in [0.5, 0.6) is 5.75 Å². The Hall–Kier alpha value is -3.33. The molecular formula is C24H28N2O4. The van der Waals surface area contributed by atoms with Crippen molar-refractivity contribution in [2.24, 2.45) is 5.92 Å². The smallest absolute Gasteiger partial charge is 0.338 e. The van der Waals surface area contributed by atoms with E-state index in [4.69, 9.17) is 14.7 Å². The van der Waals surface area contributed by atoms with Crippen molar-refractivity contribution in [2.75, 3.05) is 24.7 Å². The Balaban J connectivity index is 2.01. The summed E-state index contributed by atoms with van der Waals surface area (Å²) in [6.45, 7) is 8.42. The lowest BCUT2D eigenvalue weighted by Crippen LogP contribution is -2.35. The van der Waals surface area contributed by atoms with Gasteiger partial charge in [0.1, 0.15) is 5.75 Å². The van der Waals surface area contributed by atoms with Crippen molar-refractivity contribution < 1.29 is 19.1 Å². The average molecular weight is 408 g/mol. The van der Waals surface area contributed by atoms with Crippen LogP contribution in [0.25, 0.3) is 0 Å². The van der Waals surface area contributed by atoms with E-state index in [-0.39, 0.29) is 18.9 Å². The van der Waals surface area contributed by atoms with Crippen LogP contribution in [0.3, 0.4) is 0 Å². The SMILES string of the molecule is Cc1cc(C)cc(N(CCC#N)C(=O)COC(=O)c2ccc(OCC(C)C)cc2)c1. The highest BCUT2D eigenvalue weighted by molar-refractivity contribution is 5.97. The summed E-state index contributed by atoms with van der Waals surface area (Å²) >= 11 is 0. The van der Waals surface area contributed by atoms with E-state index in [9.17, 15) is 9.59 Å². The van der Waals surface area contributed by atoms with Crippen LogP contribution in [-0.4, -0.2) is 31.6 Å². The molecule has 0 spiro atoms. The first-order valence-electron chi connectivity index (χ1n) is 9.95. The number of ether oxygens (including phenoxy) is 2. The molecule has 2 rings (SSSR count). The number of nitriles is 1.